The van der Waals surface area contributed by atoms with Gasteiger partial charge in [-0.25, -0.2) is 0 Å². The van der Waals surface area contributed by atoms with Crippen LogP contribution in [0.2, 0.25) is 0 Å². The predicted molar refractivity (Wildman–Crippen MR) is 76.1 cm³/mol. The number of ether oxygens (including phenoxy) is 1. The molecule has 1 N–H and O–H groups in total. The third-order valence-corrected chi connectivity index (χ3v) is 2.81. The number of nitrogens with one attached hydrogen (secondary N) is 1. The molecule has 94 valence electrons. The minimum Gasteiger partial charge on any atom is -0.489 e. The van der Waals surface area contributed by atoms with Crippen molar-refractivity contribution in [2.45, 2.75) is 19.4 Å². The molecule has 2 aromatic carbocycles. The van der Waals surface area contributed by atoms with E-state index in [1.165, 1.54) is 0 Å². The van der Waals surface area contributed by atoms with Gasteiger partial charge in [0.05, 0.1) is 6.54 Å². The van der Waals surface area contributed by atoms with Crippen LogP contribution < -0.4 is 10.1 Å². The molecule has 0 aromatic heterocycles. The van der Waals surface area contributed by atoms with Crippen molar-refractivity contribution in [3.63, 3.8) is 0 Å². The van der Waals surface area contributed by atoms with Gasteiger partial charge in [0.15, 0.2) is 0 Å². The van der Waals surface area contributed by atoms with Crippen LogP contribution in [0.4, 0.5) is 5.69 Å². The van der Waals surface area contributed by atoms with Crippen molar-refractivity contribution in [3.8, 4) is 5.75 Å². The van der Waals surface area contributed by atoms with Gasteiger partial charge in [-0.2, -0.15) is 0 Å². The number of benzene rings is 2. The standard InChI is InChI=1S/C16H19NO/c1-2-15(18-16-11-7-4-8-12-16)13-17-14-9-5-3-6-10-14/h3-12,15,17H,2,13H2,1H3. The first-order chi connectivity index (χ1) is 8.88. The molecule has 1 unspecified atom stereocenters. The summed E-state index contributed by atoms with van der Waals surface area (Å²) in [5.74, 6) is 0.930. The lowest BCUT2D eigenvalue weighted by Crippen LogP contribution is -2.25. The first-order valence-electron chi connectivity index (χ1n) is 6.39. The lowest BCUT2D eigenvalue weighted by molar-refractivity contribution is 0.210. The molecule has 2 heteroatoms. The second-order valence-electron chi connectivity index (χ2n) is 4.21. The van der Waals surface area contributed by atoms with Crippen molar-refractivity contribution < 1.29 is 4.74 Å². The maximum atomic E-state index is 5.92. The molecule has 0 heterocycles. The molecule has 2 nitrogen and oxygen atoms in total. The van der Waals surface area contributed by atoms with Gasteiger partial charge in [0, 0.05) is 5.69 Å². The highest BCUT2D eigenvalue weighted by molar-refractivity contribution is 5.42. The van der Waals surface area contributed by atoms with Crippen molar-refractivity contribution in [1.82, 2.24) is 0 Å². The second kappa shape index (κ2) is 6.70. The van der Waals surface area contributed by atoms with Crippen LogP contribution in [0.3, 0.4) is 0 Å². The largest absolute Gasteiger partial charge is 0.489 e. The highest BCUT2D eigenvalue weighted by Gasteiger charge is 2.07. The Balaban J connectivity index is 1.86. The van der Waals surface area contributed by atoms with Gasteiger partial charge in [0.25, 0.3) is 0 Å². The Hall–Kier alpha value is -1.96. The number of hydrogen-bond acceptors (Lipinski definition) is 2. The monoisotopic (exact) mass is 241 g/mol. The third kappa shape index (κ3) is 3.81. The number of hydrogen-bond donors (Lipinski definition) is 1. The van der Waals surface area contributed by atoms with Crippen LogP contribution in [0, 0.1) is 0 Å². The highest BCUT2D eigenvalue weighted by atomic mass is 16.5. The summed E-state index contributed by atoms with van der Waals surface area (Å²) in [7, 11) is 0. The van der Waals surface area contributed by atoms with Gasteiger partial charge < -0.3 is 10.1 Å². The zero-order valence-electron chi connectivity index (χ0n) is 10.7. The van der Waals surface area contributed by atoms with Gasteiger partial charge in [-0.1, -0.05) is 43.3 Å². The van der Waals surface area contributed by atoms with Gasteiger partial charge in [0.2, 0.25) is 0 Å². The molecule has 1 atom stereocenters. The van der Waals surface area contributed by atoms with Crippen molar-refractivity contribution in [1.29, 1.82) is 0 Å². The third-order valence-electron chi connectivity index (χ3n) is 2.81. The Bertz CT molecular complexity index is 441. The van der Waals surface area contributed by atoms with Crippen molar-refractivity contribution in [3.05, 3.63) is 60.7 Å². The second-order valence-corrected chi connectivity index (χ2v) is 4.21. The fourth-order valence-corrected chi connectivity index (χ4v) is 1.75. The van der Waals surface area contributed by atoms with E-state index in [1.807, 2.05) is 48.5 Å². The molecular formula is C16H19NO. The minimum absolute atomic E-state index is 0.188. The first kappa shape index (κ1) is 12.5. The molecule has 0 spiro atoms. The Morgan fingerprint density at radius 3 is 2.17 bits per heavy atom. The molecule has 18 heavy (non-hydrogen) atoms. The minimum atomic E-state index is 0.188. The summed E-state index contributed by atoms with van der Waals surface area (Å²) in [6.07, 6.45) is 1.17. The lowest BCUT2D eigenvalue weighted by Gasteiger charge is -2.18. The predicted octanol–water partition coefficient (Wildman–Crippen LogP) is 3.96. The Kier molecular flexibility index (Phi) is 4.65. The van der Waals surface area contributed by atoms with Gasteiger partial charge in [-0.05, 0) is 30.7 Å². The molecule has 0 fully saturated rings. The molecule has 2 aromatic rings. The van der Waals surface area contributed by atoms with E-state index in [0.717, 1.165) is 24.4 Å². The van der Waals surface area contributed by atoms with Gasteiger partial charge >= 0.3 is 0 Å². The summed E-state index contributed by atoms with van der Waals surface area (Å²) in [4.78, 5) is 0. The fraction of sp³-hybridized carbons (Fsp3) is 0.250. The molecule has 2 rings (SSSR count). The normalized spacial score (nSPS) is 11.8. The smallest absolute Gasteiger partial charge is 0.119 e. The zero-order valence-corrected chi connectivity index (χ0v) is 10.7. The van der Waals surface area contributed by atoms with E-state index in [0.29, 0.717) is 0 Å². The lowest BCUT2D eigenvalue weighted by atomic mass is 10.2. The molecule has 0 aliphatic rings. The van der Waals surface area contributed by atoms with Crippen LogP contribution in [-0.4, -0.2) is 12.6 Å². The molecule has 0 bridgehead atoms. The van der Waals surface area contributed by atoms with E-state index in [2.05, 4.69) is 24.4 Å². The van der Waals surface area contributed by atoms with E-state index < -0.39 is 0 Å². The topological polar surface area (TPSA) is 21.3 Å². The van der Waals surface area contributed by atoms with Crippen LogP contribution in [0.5, 0.6) is 5.75 Å². The van der Waals surface area contributed by atoms with Crippen LogP contribution >= 0.6 is 0 Å². The van der Waals surface area contributed by atoms with Gasteiger partial charge in [-0.3, -0.25) is 0 Å². The van der Waals surface area contributed by atoms with Crippen LogP contribution in [0.1, 0.15) is 13.3 Å². The Labute approximate surface area is 109 Å². The maximum Gasteiger partial charge on any atom is 0.119 e. The molecule has 0 saturated heterocycles. The van der Waals surface area contributed by atoms with E-state index in [-0.39, 0.29) is 6.10 Å². The summed E-state index contributed by atoms with van der Waals surface area (Å²) in [6, 6.07) is 20.2. The van der Waals surface area contributed by atoms with Gasteiger partial charge in [-0.15, -0.1) is 0 Å². The van der Waals surface area contributed by atoms with Crippen LogP contribution in [0.25, 0.3) is 0 Å². The molecule has 0 radical (unpaired) electrons. The van der Waals surface area contributed by atoms with E-state index in [4.69, 9.17) is 4.74 Å². The quantitative estimate of drug-likeness (QED) is 0.826. The Morgan fingerprint density at radius 2 is 1.56 bits per heavy atom. The summed E-state index contributed by atoms with van der Waals surface area (Å²) in [6.45, 7) is 2.95. The fourth-order valence-electron chi connectivity index (χ4n) is 1.75. The highest BCUT2D eigenvalue weighted by Crippen LogP contribution is 2.13. The van der Waals surface area contributed by atoms with E-state index >= 15 is 0 Å². The molecule has 0 amide bonds. The Morgan fingerprint density at radius 1 is 0.944 bits per heavy atom. The summed E-state index contributed by atoms with van der Waals surface area (Å²) >= 11 is 0. The van der Waals surface area contributed by atoms with Crippen LogP contribution in [0.15, 0.2) is 60.7 Å². The summed E-state index contributed by atoms with van der Waals surface area (Å²) < 4.78 is 5.92. The summed E-state index contributed by atoms with van der Waals surface area (Å²) in [5, 5.41) is 3.39. The average molecular weight is 241 g/mol. The molecular weight excluding hydrogens is 222 g/mol. The van der Waals surface area contributed by atoms with Gasteiger partial charge in [0.1, 0.15) is 11.9 Å². The zero-order chi connectivity index (χ0) is 12.6. The van der Waals surface area contributed by atoms with E-state index in [9.17, 15) is 0 Å². The molecule has 0 saturated carbocycles. The number of rotatable bonds is 6. The number of anilines is 1. The first-order valence-corrected chi connectivity index (χ1v) is 6.39. The van der Waals surface area contributed by atoms with Crippen molar-refractivity contribution in [2.75, 3.05) is 11.9 Å². The average Bonchev–Trinajstić information content (AvgIpc) is 2.45. The molecule has 0 aliphatic carbocycles. The van der Waals surface area contributed by atoms with E-state index in [1.54, 1.807) is 0 Å². The number of para-hydroxylation sites is 2. The molecule has 0 aliphatic heterocycles. The summed E-state index contributed by atoms with van der Waals surface area (Å²) in [5.41, 5.74) is 1.13. The maximum absolute atomic E-state index is 5.92. The van der Waals surface area contributed by atoms with Crippen molar-refractivity contribution in [2.24, 2.45) is 0 Å². The SMILES string of the molecule is CCC(CNc1ccccc1)Oc1ccccc1. The van der Waals surface area contributed by atoms with Crippen molar-refractivity contribution >= 4 is 5.69 Å². The van der Waals surface area contributed by atoms with Crippen LogP contribution in [-0.2, 0) is 0 Å².